The third-order valence-corrected chi connectivity index (χ3v) is 3.80. The fourth-order valence-electron chi connectivity index (χ4n) is 1.60. The Hall–Kier alpha value is -1.36. The van der Waals surface area contributed by atoms with Gasteiger partial charge < -0.3 is 10.4 Å². The number of hydrogen-bond donors (Lipinski definition) is 2. The van der Waals surface area contributed by atoms with Crippen molar-refractivity contribution in [3.63, 3.8) is 0 Å². The highest BCUT2D eigenvalue weighted by molar-refractivity contribution is 7.12. The normalized spacial score (nSPS) is 16.8. The van der Waals surface area contributed by atoms with Crippen LogP contribution in [0.4, 0.5) is 0 Å². The second-order valence-corrected chi connectivity index (χ2v) is 4.89. The second kappa shape index (κ2) is 3.90. The van der Waals surface area contributed by atoms with E-state index in [0.29, 0.717) is 17.7 Å². The van der Waals surface area contributed by atoms with E-state index < -0.39 is 11.5 Å². The first-order valence-electron chi connectivity index (χ1n) is 5.21. The molecule has 0 aromatic carbocycles. The number of aliphatic carboxylic acids is 1. The van der Waals surface area contributed by atoms with Crippen molar-refractivity contribution in [1.29, 1.82) is 0 Å². The zero-order chi connectivity index (χ0) is 11.8. The lowest BCUT2D eigenvalue weighted by Crippen LogP contribution is -2.43. The van der Waals surface area contributed by atoms with Crippen LogP contribution in [0.2, 0.25) is 0 Å². The van der Waals surface area contributed by atoms with Crippen LogP contribution in [0, 0.1) is 0 Å². The van der Waals surface area contributed by atoms with Gasteiger partial charge in [-0.15, -0.1) is 11.3 Å². The first-order valence-corrected chi connectivity index (χ1v) is 6.09. The van der Waals surface area contributed by atoms with Gasteiger partial charge in [-0.3, -0.25) is 4.79 Å². The van der Waals surface area contributed by atoms with Crippen LogP contribution in [-0.4, -0.2) is 22.5 Å². The lowest BCUT2D eigenvalue weighted by Gasteiger charge is -2.12. The van der Waals surface area contributed by atoms with Crippen LogP contribution in [0.1, 0.15) is 35.0 Å². The van der Waals surface area contributed by atoms with Crippen LogP contribution >= 0.6 is 11.3 Å². The molecule has 5 heteroatoms. The number of carbonyl (C=O) groups excluding carboxylic acids is 1. The predicted molar refractivity (Wildman–Crippen MR) is 60.8 cm³/mol. The maximum absolute atomic E-state index is 11.9. The van der Waals surface area contributed by atoms with Gasteiger partial charge in [-0.1, -0.05) is 6.92 Å². The number of aryl methyl sites for hydroxylation is 1. The summed E-state index contributed by atoms with van der Waals surface area (Å²) in [5.41, 5.74) is -0.0183. The monoisotopic (exact) mass is 239 g/mol. The molecule has 1 saturated carbocycles. The van der Waals surface area contributed by atoms with Gasteiger partial charge in [0.2, 0.25) is 0 Å². The molecule has 1 aromatic heterocycles. The Morgan fingerprint density at radius 2 is 2.25 bits per heavy atom. The minimum absolute atomic E-state index is 0.258. The predicted octanol–water partition coefficient (Wildman–Crippen LogP) is 1.66. The Bertz CT molecular complexity index is 434. The number of carboxylic acids is 1. The maximum atomic E-state index is 11.9. The highest BCUT2D eigenvalue weighted by atomic mass is 32.1. The Labute approximate surface area is 97.3 Å². The highest BCUT2D eigenvalue weighted by Gasteiger charge is 2.51. The summed E-state index contributed by atoms with van der Waals surface area (Å²) < 4.78 is 0. The number of thiophene rings is 1. The van der Waals surface area contributed by atoms with Gasteiger partial charge >= 0.3 is 5.97 Å². The Morgan fingerprint density at radius 3 is 2.75 bits per heavy atom. The third-order valence-electron chi connectivity index (χ3n) is 2.85. The molecule has 86 valence electrons. The number of nitrogens with one attached hydrogen (secondary N) is 1. The van der Waals surface area contributed by atoms with E-state index in [1.165, 1.54) is 11.3 Å². The van der Waals surface area contributed by atoms with Crippen LogP contribution in [0.15, 0.2) is 11.4 Å². The number of carbonyl (C=O) groups is 2. The largest absolute Gasteiger partial charge is 0.480 e. The molecule has 16 heavy (non-hydrogen) atoms. The molecule has 0 bridgehead atoms. The molecule has 2 N–H and O–H groups in total. The van der Waals surface area contributed by atoms with E-state index in [4.69, 9.17) is 5.11 Å². The Morgan fingerprint density at radius 1 is 1.56 bits per heavy atom. The van der Waals surface area contributed by atoms with Gasteiger partial charge in [-0.05, 0) is 36.3 Å². The molecule has 1 aromatic rings. The average Bonchev–Trinajstić information content (AvgIpc) is 2.88. The van der Waals surface area contributed by atoms with Crippen LogP contribution in [0.25, 0.3) is 0 Å². The molecule has 1 amide bonds. The summed E-state index contributed by atoms with van der Waals surface area (Å²) in [6, 6.07) is 1.90. The number of rotatable bonds is 4. The van der Waals surface area contributed by atoms with Crippen molar-refractivity contribution in [3.8, 4) is 0 Å². The van der Waals surface area contributed by atoms with Gasteiger partial charge in [0.25, 0.3) is 5.91 Å². The van der Waals surface area contributed by atoms with Crippen LogP contribution in [0.3, 0.4) is 0 Å². The molecule has 0 atom stereocenters. The summed E-state index contributed by atoms with van der Waals surface area (Å²) in [4.78, 5) is 23.4. The highest BCUT2D eigenvalue weighted by Crippen LogP contribution is 2.36. The molecular weight excluding hydrogens is 226 g/mol. The Kier molecular flexibility index (Phi) is 2.71. The standard InChI is InChI=1S/C11H13NO3S/c1-2-7-3-6-16-8(7)9(13)12-11(4-5-11)10(14)15/h3,6H,2,4-5H2,1H3,(H,12,13)(H,14,15). The molecule has 2 rings (SSSR count). The van der Waals surface area contributed by atoms with Gasteiger partial charge in [0.1, 0.15) is 5.54 Å². The summed E-state index contributed by atoms with van der Waals surface area (Å²) >= 11 is 1.36. The minimum atomic E-state index is -0.994. The molecule has 1 aliphatic carbocycles. The molecule has 1 aliphatic rings. The van der Waals surface area contributed by atoms with Gasteiger partial charge in [-0.25, -0.2) is 4.79 Å². The summed E-state index contributed by atoms with van der Waals surface area (Å²) in [6.07, 6.45) is 1.84. The topological polar surface area (TPSA) is 66.4 Å². The number of amides is 1. The van der Waals surface area contributed by atoms with E-state index in [1.54, 1.807) is 0 Å². The fourth-order valence-corrected chi connectivity index (χ4v) is 2.49. The van der Waals surface area contributed by atoms with Crippen molar-refractivity contribution in [2.75, 3.05) is 0 Å². The van der Waals surface area contributed by atoms with Crippen molar-refractivity contribution in [1.82, 2.24) is 5.32 Å². The zero-order valence-corrected chi connectivity index (χ0v) is 9.76. The van der Waals surface area contributed by atoms with Crippen molar-refractivity contribution in [2.45, 2.75) is 31.7 Å². The van der Waals surface area contributed by atoms with Gasteiger partial charge in [-0.2, -0.15) is 0 Å². The SMILES string of the molecule is CCc1ccsc1C(=O)NC1(C(=O)O)CC1. The van der Waals surface area contributed by atoms with E-state index >= 15 is 0 Å². The first-order chi connectivity index (χ1) is 7.59. The zero-order valence-electron chi connectivity index (χ0n) is 8.95. The van der Waals surface area contributed by atoms with E-state index in [2.05, 4.69) is 5.32 Å². The van der Waals surface area contributed by atoms with Crippen molar-refractivity contribution in [2.24, 2.45) is 0 Å². The molecule has 0 spiro atoms. The fraction of sp³-hybridized carbons (Fsp3) is 0.455. The summed E-state index contributed by atoms with van der Waals surface area (Å²) in [5, 5.41) is 13.4. The van der Waals surface area contributed by atoms with Crippen molar-refractivity contribution < 1.29 is 14.7 Å². The number of carboxylic acid groups (broad SMARTS) is 1. The molecule has 0 unspecified atom stereocenters. The summed E-state index contributed by atoms with van der Waals surface area (Å²) in [7, 11) is 0. The molecule has 0 saturated heterocycles. The van der Waals surface area contributed by atoms with Crippen LogP contribution in [0.5, 0.6) is 0 Å². The first kappa shape index (κ1) is 11.1. The molecular formula is C11H13NO3S. The molecule has 1 heterocycles. The third kappa shape index (κ3) is 1.82. The number of hydrogen-bond acceptors (Lipinski definition) is 3. The Balaban J connectivity index is 2.12. The summed E-state index contributed by atoms with van der Waals surface area (Å²) in [6.45, 7) is 1.98. The maximum Gasteiger partial charge on any atom is 0.329 e. The van der Waals surface area contributed by atoms with Gasteiger partial charge in [0.05, 0.1) is 4.88 Å². The molecule has 0 radical (unpaired) electrons. The lowest BCUT2D eigenvalue weighted by atomic mass is 10.2. The van der Waals surface area contributed by atoms with Crippen molar-refractivity contribution >= 4 is 23.2 Å². The molecule has 4 nitrogen and oxygen atoms in total. The molecule has 1 fully saturated rings. The lowest BCUT2D eigenvalue weighted by molar-refractivity contribution is -0.140. The van der Waals surface area contributed by atoms with Crippen LogP contribution < -0.4 is 5.32 Å². The van der Waals surface area contributed by atoms with Gasteiger partial charge in [0.15, 0.2) is 0 Å². The quantitative estimate of drug-likeness (QED) is 0.839. The minimum Gasteiger partial charge on any atom is -0.480 e. The van der Waals surface area contributed by atoms with Crippen LogP contribution in [-0.2, 0) is 11.2 Å². The van der Waals surface area contributed by atoms with E-state index in [9.17, 15) is 9.59 Å². The smallest absolute Gasteiger partial charge is 0.329 e. The average molecular weight is 239 g/mol. The van der Waals surface area contributed by atoms with Crippen molar-refractivity contribution in [3.05, 3.63) is 21.9 Å². The van der Waals surface area contributed by atoms with E-state index in [1.807, 2.05) is 18.4 Å². The van der Waals surface area contributed by atoms with E-state index in [-0.39, 0.29) is 5.91 Å². The van der Waals surface area contributed by atoms with Gasteiger partial charge in [0, 0.05) is 0 Å². The molecule has 0 aliphatic heterocycles. The second-order valence-electron chi connectivity index (χ2n) is 3.97. The summed E-state index contributed by atoms with van der Waals surface area (Å²) in [5.74, 6) is -1.19. The van der Waals surface area contributed by atoms with E-state index in [0.717, 1.165) is 12.0 Å².